The summed E-state index contributed by atoms with van der Waals surface area (Å²) in [5, 5.41) is 33.8. The molecule has 0 saturated heterocycles. The molecule has 1 heterocycles. The molecule has 3 rings (SSSR count). The van der Waals surface area contributed by atoms with Gasteiger partial charge in [0.2, 0.25) is 11.8 Å². The number of carbonyl (C=O) groups is 4. The van der Waals surface area contributed by atoms with Crippen LogP contribution in [0.25, 0.3) is 10.9 Å². The number of phenolic OH excluding ortho intramolecular Hbond substituents is 1. The molecule has 11 nitrogen and oxygen atoms in total. The highest BCUT2D eigenvalue weighted by molar-refractivity contribution is 5.92. The predicted molar refractivity (Wildman–Crippen MR) is 130 cm³/mol. The maximum absolute atomic E-state index is 13.0. The summed E-state index contributed by atoms with van der Waals surface area (Å²) in [7, 11) is 0. The lowest BCUT2D eigenvalue weighted by molar-refractivity contribution is -0.143. The van der Waals surface area contributed by atoms with Crippen LogP contribution in [0.1, 0.15) is 24.0 Å². The number of H-pyrrole nitrogens is 1. The van der Waals surface area contributed by atoms with Gasteiger partial charge in [-0.15, -0.1) is 0 Å². The Morgan fingerprint density at radius 3 is 2.22 bits per heavy atom. The molecule has 0 radical (unpaired) electrons. The van der Waals surface area contributed by atoms with E-state index in [-0.39, 0.29) is 25.0 Å². The molecule has 0 saturated carbocycles. The largest absolute Gasteiger partial charge is 0.508 e. The maximum Gasteiger partial charge on any atom is 0.326 e. The Morgan fingerprint density at radius 1 is 0.889 bits per heavy atom. The highest BCUT2D eigenvalue weighted by Gasteiger charge is 2.29. The standard InChI is InChI=1S/C25H28N4O7/c26-18(11-14-5-7-16(30)8-6-14)23(33)28-20(9-10-22(31)32)24(34)29-21(25(35)36)12-15-13-27-19-4-2-1-3-17(15)19/h1-8,13,18,20-21,27,30H,9-12,26H2,(H,28,33)(H,29,34)(H,31,32)(H,35,36). The molecule has 0 bridgehead atoms. The van der Waals surface area contributed by atoms with E-state index in [1.54, 1.807) is 18.3 Å². The minimum absolute atomic E-state index is 0.0228. The van der Waals surface area contributed by atoms with Gasteiger partial charge in [-0.1, -0.05) is 30.3 Å². The van der Waals surface area contributed by atoms with E-state index in [1.165, 1.54) is 12.1 Å². The number of nitrogens with two attached hydrogens (primary N) is 1. The second-order valence-electron chi connectivity index (χ2n) is 8.43. The van der Waals surface area contributed by atoms with Crippen LogP contribution in [0.15, 0.2) is 54.7 Å². The SMILES string of the molecule is NC(Cc1ccc(O)cc1)C(=O)NC(CCC(=O)O)C(=O)NC(Cc1c[nH]c2ccccc12)C(=O)O. The number of carboxylic acids is 2. The molecule has 190 valence electrons. The van der Waals surface area contributed by atoms with E-state index in [0.717, 1.165) is 10.9 Å². The smallest absolute Gasteiger partial charge is 0.326 e. The third kappa shape index (κ3) is 7.06. The highest BCUT2D eigenvalue weighted by Crippen LogP contribution is 2.19. The number of hydrogen-bond acceptors (Lipinski definition) is 6. The normalized spacial score (nSPS) is 13.5. The number of hydrogen-bond donors (Lipinski definition) is 7. The van der Waals surface area contributed by atoms with Crippen LogP contribution in [-0.2, 0) is 32.0 Å². The summed E-state index contributed by atoms with van der Waals surface area (Å²) in [6.45, 7) is 0. The second kappa shape index (κ2) is 11.8. The van der Waals surface area contributed by atoms with Gasteiger partial charge < -0.3 is 36.7 Å². The van der Waals surface area contributed by atoms with E-state index in [0.29, 0.717) is 11.1 Å². The number of aromatic amines is 1. The zero-order valence-corrected chi connectivity index (χ0v) is 19.3. The number of rotatable bonds is 12. The van der Waals surface area contributed by atoms with Crippen molar-refractivity contribution >= 4 is 34.7 Å². The summed E-state index contributed by atoms with van der Waals surface area (Å²) in [5.41, 5.74) is 8.13. The second-order valence-corrected chi connectivity index (χ2v) is 8.43. The van der Waals surface area contributed by atoms with Gasteiger partial charge in [-0.2, -0.15) is 0 Å². The van der Waals surface area contributed by atoms with Gasteiger partial charge >= 0.3 is 11.9 Å². The molecule has 3 aromatic rings. The fourth-order valence-corrected chi connectivity index (χ4v) is 3.79. The average Bonchev–Trinajstić information content (AvgIpc) is 3.25. The lowest BCUT2D eigenvalue weighted by Gasteiger charge is -2.22. The molecule has 0 fully saturated rings. The molecular weight excluding hydrogens is 468 g/mol. The van der Waals surface area contributed by atoms with E-state index >= 15 is 0 Å². The molecule has 11 heteroatoms. The molecule has 0 aliphatic carbocycles. The quantitative estimate of drug-likeness (QED) is 0.192. The van der Waals surface area contributed by atoms with Crippen molar-refractivity contribution in [3.8, 4) is 5.75 Å². The minimum Gasteiger partial charge on any atom is -0.508 e. The zero-order valence-electron chi connectivity index (χ0n) is 19.3. The summed E-state index contributed by atoms with van der Waals surface area (Å²) in [4.78, 5) is 51.7. The number of fused-ring (bicyclic) bond motifs is 1. The number of nitrogens with one attached hydrogen (secondary N) is 3. The van der Waals surface area contributed by atoms with Crippen molar-refractivity contribution in [1.82, 2.24) is 15.6 Å². The molecule has 2 aromatic carbocycles. The minimum atomic E-state index is -1.31. The number of aromatic hydroxyl groups is 1. The van der Waals surface area contributed by atoms with Crippen molar-refractivity contribution in [1.29, 1.82) is 0 Å². The monoisotopic (exact) mass is 496 g/mol. The first-order valence-electron chi connectivity index (χ1n) is 11.3. The van der Waals surface area contributed by atoms with E-state index in [9.17, 15) is 29.4 Å². The van der Waals surface area contributed by atoms with Crippen molar-refractivity contribution in [3.63, 3.8) is 0 Å². The number of phenols is 1. The summed E-state index contributed by atoms with van der Waals surface area (Å²) >= 11 is 0. The first-order chi connectivity index (χ1) is 17.1. The molecule has 3 unspecified atom stereocenters. The summed E-state index contributed by atoms with van der Waals surface area (Å²) in [6, 6.07) is 9.73. The van der Waals surface area contributed by atoms with E-state index in [2.05, 4.69) is 15.6 Å². The molecule has 1 aromatic heterocycles. The van der Waals surface area contributed by atoms with Gasteiger partial charge in [0.15, 0.2) is 0 Å². The molecule has 36 heavy (non-hydrogen) atoms. The predicted octanol–water partition coefficient (Wildman–Crippen LogP) is 0.905. The van der Waals surface area contributed by atoms with Crippen molar-refractivity contribution < 1.29 is 34.5 Å². The van der Waals surface area contributed by atoms with E-state index < -0.39 is 48.3 Å². The fraction of sp³-hybridized carbons (Fsp3) is 0.280. The van der Waals surface area contributed by atoms with Gasteiger partial charge in [0.1, 0.15) is 17.8 Å². The van der Waals surface area contributed by atoms with Gasteiger partial charge in [0.25, 0.3) is 0 Å². The summed E-state index contributed by atoms with van der Waals surface area (Å²) in [5.74, 6) is -3.92. The number of amides is 2. The molecule has 0 aliphatic rings. The van der Waals surface area contributed by atoms with Crippen molar-refractivity contribution in [2.24, 2.45) is 5.73 Å². The highest BCUT2D eigenvalue weighted by atomic mass is 16.4. The lowest BCUT2D eigenvalue weighted by atomic mass is 10.0. The Hall–Kier alpha value is -4.38. The molecule has 0 aliphatic heterocycles. The maximum atomic E-state index is 13.0. The number of carbonyl (C=O) groups excluding carboxylic acids is 2. The Balaban J connectivity index is 1.69. The van der Waals surface area contributed by atoms with Crippen molar-refractivity contribution in [2.45, 2.75) is 43.8 Å². The molecular formula is C25H28N4O7. The molecule has 3 atom stereocenters. The van der Waals surface area contributed by atoms with Gasteiger partial charge in [-0.05, 0) is 42.2 Å². The zero-order chi connectivity index (χ0) is 26.2. The van der Waals surface area contributed by atoms with Crippen molar-refractivity contribution in [3.05, 3.63) is 65.9 Å². The Morgan fingerprint density at radius 2 is 1.56 bits per heavy atom. The van der Waals surface area contributed by atoms with Crippen LogP contribution in [0, 0.1) is 0 Å². The number of carboxylic acid groups (broad SMARTS) is 2. The van der Waals surface area contributed by atoms with Crippen LogP contribution in [0.3, 0.4) is 0 Å². The van der Waals surface area contributed by atoms with Crippen LogP contribution in [0.5, 0.6) is 5.75 Å². The van der Waals surface area contributed by atoms with Gasteiger partial charge in [-0.25, -0.2) is 4.79 Å². The Labute approximate surface area is 206 Å². The van der Waals surface area contributed by atoms with Gasteiger partial charge in [0, 0.05) is 29.9 Å². The number of aromatic nitrogens is 1. The van der Waals surface area contributed by atoms with Crippen LogP contribution in [0.4, 0.5) is 0 Å². The lowest BCUT2D eigenvalue weighted by Crippen LogP contribution is -2.55. The number of benzene rings is 2. The molecule has 0 spiro atoms. The Kier molecular flexibility index (Phi) is 8.63. The Bertz CT molecular complexity index is 1240. The van der Waals surface area contributed by atoms with E-state index in [4.69, 9.17) is 10.8 Å². The number of para-hydroxylation sites is 1. The topological polar surface area (TPSA) is 195 Å². The molecule has 8 N–H and O–H groups in total. The van der Waals surface area contributed by atoms with Crippen LogP contribution in [-0.4, -0.2) is 62.2 Å². The number of aliphatic carboxylic acids is 2. The molecule has 2 amide bonds. The first-order valence-corrected chi connectivity index (χ1v) is 11.3. The van der Waals surface area contributed by atoms with Gasteiger partial charge in [0.05, 0.1) is 6.04 Å². The van der Waals surface area contributed by atoms with Crippen LogP contribution < -0.4 is 16.4 Å². The first kappa shape index (κ1) is 26.2. The summed E-state index contributed by atoms with van der Waals surface area (Å²) < 4.78 is 0. The van der Waals surface area contributed by atoms with Crippen molar-refractivity contribution in [2.75, 3.05) is 0 Å². The van der Waals surface area contributed by atoms with Crippen LogP contribution >= 0.6 is 0 Å². The fourth-order valence-electron chi connectivity index (χ4n) is 3.79. The van der Waals surface area contributed by atoms with E-state index in [1.807, 2.05) is 24.3 Å². The average molecular weight is 497 g/mol. The third-order valence-corrected chi connectivity index (χ3v) is 5.72. The van der Waals surface area contributed by atoms with Gasteiger partial charge in [-0.3, -0.25) is 14.4 Å². The third-order valence-electron chi connectivity index (χ3n) is 5.72. The summed E-state index contributed by atoms with van der Waals surface area (Å²) in [6.07, 6.45) is 1.07. The van der Waals surface area contributed by atoms with Crippen LogP contribution in [0.2, 0.25) is 0 Å².